The second-order valence-corrected chi connectivity index (χ2v) is 3.02. The predicted octanol–water partition coefficient (Wildman–Crippen LogP) is 1.50. The Morgan fingerprint density at radius 2 is 2.18 bits per heavy atom. The van der Waals surface area contributed by atoms with E-state index < -0.39 is 29.2 Å². The summed E-state index contributed by atoms with van der Waals surface area (Å²) in [6, 6.07) is 0.829. The third-order valence-corrected chi connectivity index (χ3v) is 1.97. The third kappa shape index (κ3) is 2.80. The van der Waals surface area contributed by atoms with Crippen LogP contribution in [0.2, 0.25) is 0 Å². The molecule has 0 radical (unpaired) electrons. The Bertz CT molecular complexity index is 470. The maximum Gasteiger partial charge on any atom is 0.355 e. The Morgan fingerprint density at radius 1 is 1.53 bits per heavy atom. The van der Waals surface area contributed by atoms with E-state index >= 15 is 0 Å². The maximum absolute atomic E-state index is 12.7. The van der Waals surface area contributed by atoms with Crippen molar-refractivity contribution >= 4 is 5.97 Å². The molecule has 0 bridgehead atoms. The van der Waals surface area contributed by atoms with E-state index in [0.29, 0.717) is 0 Å². The maximum atomic E-state index is 12.7. The highest BCUT2D eigenvalue weighted by molar-refractivity contribution is 5.89. The van der Waals surface area contributed by atoms with Crippen LogP contribution in [0.1, 0.15) is 29.4 Å². The number of H-pyrrole nitrogens is 1. The molecule has 0 unspecified atom stereocenters. The molecule has 0 saturated carbocycles. The lowest BCUT2D eigenvalue weighted by Gasteiger charge is -2.09. The lowest BCUT2D eigenvalue weighted by Crippen LogP contribution is -2.19. The molecule has 0 spiro atoms. The number of carbonyl (C=O) groups is 1. The first kappa shape index (κ1) is 13.1. The summed E-state index contributed by atoms with van der Waals surface area (Å²) in [5.41, 5.74) is -1.94. The van der Waals surface area contributed by atoms with Crippen molar-refractivity contribution < 1.29 is 23.0 Å². The van der Waals surface area contributed by atoms with E-state index in [1.165, 1.54) is 14.0 Å². The fourth-order valence-corrected chi connectivity index (χ4v) is 1.22. The van der Waals surface area contributed by atoms with Crippen LogP contribution in [0.3, 0.4) is 0 Å². The number of aromatic amines is 1. The monoisotopic (exact) mass is 247 g/mol. The lowest BCUT2D eigenvalue weighted by molar-refractivity contribution is 0.0507. The van der Waals surface area contributed by atoms with E-state index in [1.807, 2.05) is 4.98 Å². The molecule has 0 aliphatic carbocycles. The molecule has 7 heteroatoms. The molecule has 1 rings (SSSR count). The number of hydrogen-bond acceptors (Lipinski definition) is 4. The van der Waals surface area contributed by atoms with Crippen LogP contribution in [0.25, 0.3) is 0 Å². The van der Waals surface area contributed by atoms with E-state index in [0.717, 1.165) is 6.07 Å². The highest BCUT2D eigenvalue weighted by atomic mass is 19.3. The van der Waals surface area contributed by atoms with Gasteiger partial charge < -0.3 is 14.5 Å². The van der Waals surface area contributed by atoms with Gasteiger partial charge in [0.05, 0.1) is 19.3 Å². The number of halogens is 2. The van der Waals surface area contributed by atoms with Crippen LogP contribution >= 0.6 is 0 Å². The number of ether oxygens (including phenoxy) is 2. The summed E-state index contributed by atoms with van der Waals surface area (Å²) in [6.07, 6.45) is -2.92. The number of methoxy groups -OCH3 is 1. The van der Waals surface area contributed by atoms with Crippen molar-refractivity contribution in [2.45, 2.75) is 13.3 Å². The minimum Gasteiger partial charge on any atom is -0.491 e. The standard InChI is InChI=1S/C10H11F2NO4/c1-3-17-10(15)7-5(8(11)12)4-6(16-2)9(14)13-7/h4,8H,3H2,1-2H3,(H,13,14). The van der Waals surface area contributed by atoms with E-state index in [-0.39, 0.29) is 12.4 Å². The van der Waals surface area contributed by atoms with Gasteiger partial charge in [-0.2, -0.15) is 0 Å². The minimum absolute atomic E-state index is 0.0234. The van der Waals surface area contributed by atoms with Gasteiger partial charge in [0.1, 0.15) is 5.69 Å². The van der Waals surface area contributed by atoms with Crippen molar-refractivity contribution in [1.82, 2.24) is 4.98 Å². The largest absolute Gasteiger partial charge is 0.491 e. The number of rotatable bonds is 4. The van der Waals surface area contributed by atoms with Crippen molar-refractivity contribution in [2.75, 3.05) is 13.7 Å². The Kier molecular flexibility index (Phi) is 4.19. The number of carbonyl (C=O) groups excluding carboxylic acids is 1. The second-order valence-electron chi connectivity index (χ2n) is 3.02. The molecule has 0 aliphatic heterocycles. The fraction of sp³-hybridized carbons (Fsp3) is 0.400. The van der Waals surface area contributed by atoms with Crippen LogP contribution in [0, 0.1) is 0 Å². The molecular weight excluding hydrogens is 236 g/mol. The first-order chi connectivity index (χ1) is 8.01. The number of hydrogen-bond donors (Lipinski definition) is 1. The van der Waals surface area contributed by atoms with E-state index in [2.05, 4.69) is 9.47 Å². The number of esters is 1. The molecule has 0 atom stereocenters. The molecule has 1 aromatic rings. The zero-order valence-electron chi connectivity index (χ0n) is 9.25. The van der Waals surface area contributed by atoms with Gasteiger partial charge >= 0.3 is 5.97 Å². The van der Waals surface area contributed by atoms with Gasteiger partial charge in [0.15, 0.2) is 5.75 Å². The molecule has 0 fully saturated rings. The van der Waals surface area contributed by atoms with Crippen molar-refractivity contribution in [2.24, 2.45) is 0 Å². The topological polar surface area (TPSA) is 68.4 Å². The molecule has 0 aliphatic rings. The van der Waals surface area contributed by atoms with Gasteiger partial charge in [-0.1, -0.05) is 0 Å². The summed E-state index contributed by atoms with van der Waals surface area (Å²) in [7, 11) is 1.17. The summed E-state index contributed by atoms with van der Waals surface area (Å²) in [4.78, 5) is 24.7. The summed E-state index contributed by atoms with van der Waals surface area (Å²) >= 11 is 0. The Hall–Kier alpha value is -1.92. The zero-order chi connectivity index (χ0) is 13.0. The van der Waals surface area contributed by atoms with Gasteiger partial charge in [-0.05, 0) is 13.0 Å². The predicted molar refractivity (Wildman–Crippen MR) is 54.5 cm³/mol. The summed E-state index contributed by atoms with van der Waals surface area (Å²) in [6.45, 7) is 1.55. The Labute approximate surface area is 95.4 Å². The lowest BCUT2D eigenvalue weighted by atomic mass is 10.2. The number of alkyl halides is 2. The van der Waals surface area contributed by atoms with Crippen molar-refractivity contribution in [1.29, 1.82) is 0 Å². The summed E-state index contributed by atoms with van der Waals surface area (Å²) in [5, 5.41) is 0. The quantitative estimate of drug-likeness (QED) is 0.818. The first-order valence-corrected chi connectivity index (χ1v) is 4.77. The van der Waals surface area contributed by atoms with E-state index in [9.17, 15) is 18.4 Å². The minimum atomic E-state index is -2.92. The fourth-order valence-electron chi connectivity index (χ4n) is 1.22. The zero-order valence-corrected chi connectivity index (χ0v) is 9.25. The van der Waals surface area contributed by atoms with Gasteiger partial charge in [-0.3, -0.25) is 4.79 Å². The van der Waals surface area contributed by atoms with Gasteiger partial charge in [0.25, 0.3) is 12.0 Å². The SMILES string of the molecule is CCOC(=O)c1[nH]c(=O)c(OC)cc1C(F)F. The van der Waals surface area contributed by atoms with Gasteiger partial charge in [0.2, 0.25) is 0 Å². The van der Waals surface area contributed by atoms with E-state index in [1.54, 1.807) is 0 Å². The smallest absolute Gasteiger partial charge is 0.355 e. The number of nitrogens with one attached hydrogen (secondary N) is 1. The van der Waals surface area contributed by atoms with Crippen molar-refractivity contribution in [3.05, 3.63) is 27.7 Å². The van der Waals surface area contributed by atoms with Crippen LogP contribution in [-0.4, -0.2) is 24.7 Å². The molecule has 17 heavy (non-hydrogen) atoms. The molecule has 94 valence electrons. The molecule has 5 nitrogen and oxygen atoms in total. The molecule has 1 N–H and O–H groups in total. The second kappa shape index (κ2) is 5.42. The van der Waals surface area contributed by atoms with Gasteiger partial charge in [-0.15, -0.1) is 0 Å². The Morgan fingerprint density at radius 3 is 2.65 bits per heavy atom. The van der Waals surface area contributed by atoms with Crippen molar-refractivity contribution in [3.8, 4) is 5.75 Å². The number of aromatic nitrogens is 1. The average molecular weight is 247 g/mol. The summed E-state index contributed by atoms with van der Waals surface area (Å²) in [5.74, 6) is -1.28. The van der Waals surface area contributed by atoms with Crippen LogP contribution in [-0.2, 0) is 4.74 Å². The molecule has 0 aromatic carbocycles. The molecular formula is C10H11F2NO4. The van der Waals surface area contributed by atoms with Crippen LogP contribution < -0.4 is 10.3 Å². The highest BCUT2D eigenvalue weighted by Gasteiger charge is 2.22. The third-order valence-electron chi connectivity index (χ3n) is 1.97. The molecule has 0 amide bonds. The summed E-state index contributed by atoms with van der Waals surface area (Å²) < 4.78 is 34.5. The van der Waals surface area contributed by atoms with Gasteiger partial charge in [-0.25, -0.2) is 13.6 Å². The highest BCUT2D eigenvalue weighted by Crippen LogP contribution is 2.24. The normalized spacial score (nSPS) is 10.4. The Balaban J connectivity index is 3.33. The van der Waals surface area contributed by atoms with E-state index in [4.69, 9.17) is 0 Å². The van der Waals surface area contributed by atoms with Crippen LogP contribution in [0.4, 0.5) is 8.78 Å². The van der Waals surface area contributed by atoms with Crippen LogP contribution in [0.5, 0.6) is 5.75 Å². The molecule has 1 aromatic heterocycles. The van der Waals surface area contributed by atoms with Crippen molar-refractivity contribution in [3.63, 3.8) is 0 Å². The molecule has 0 saturated heterocycles. The van der Waals surface area contributed by atoms with Crippen LogP contribution in [0.15, 0.2) is 10.9 Å². The van der Waals surface area contributed by atoms with Gasteiger partial charge in [0, 0.05) is 0 Å². The first-order valence-electron chi connectivity index (χ1n) is 4.77. The average Bonchev–Trinajstić information content (AvgIpc) is 2.28. The molecule has 1 heterocycles. The number of pyridine rings is 1.